The first-order valence-corrected chi connectivity index (χ1v) is 15.0. The van der Waals surface area contributed by atoms with Crippen LogP contribution < -0.4 is 0 Å². The number of aryl methyl sites for hydroxylation is 2. The van der Waals surface area contributed by atoms with Crippen LogP contribution >= 0.6 is 0 Å². The molecule has 7 aromatic rings. The number of fused-ring (bicyclic) bond motifs is 3. The van der Waals surface area contributed by atoms with Crippen molar-refractivity contribution in [3.63, 3.8) is 0 Å². The van der Waals surface area contributed by atoms with Crippen molar-refractivity contribution in [2.24, 2.45) is 0 Å². The molecule has 5 heteroatoms. The van der Waals surface area contributed by atoms with Crippen LogP contribution in [0.1, 0.15) is 37.5 Å². The van der Waals surface area contributed by atoms with Gasteiger partial charge in [0, 0.05) is 32.8 Å². The largest absolute Gasteiger partial charge is 0.517 e. The minimum atomic E-state index is 0. The number of para-hydroxylation sites is 1. The minimum absolute atomic E-state index is 0. The van der Waals surface area contributed by atoms with Crippen LogP contribution in [0.4, 0.5) is 0 Å². The fourth-order valence-corrected chi connectivity index (χ4v) is 6.25. The molecule has 0 saturated carbocycles. The van der Waals surface area contributed by atoms with Gasteiger partial charge in [0.2, 0.25) is 0 Å². The molecule has 1 N–H and O–H groups in total. The third-order valence-electron chi connectivity index (χ3n) is 8.45. The Balaban J connectivity index is 0.00000357. The molecule has 0 atom stereocenters. The van der Waals surface area contributed by atoms with Crippen LogP contribution in [0.5, 0.6) is 5.75 Å². The molecule has 0 spiro atoms. The maximum Gasteiger partial charge on any atom is 0.136 e. The quantitative estimate of drug-likeness (QED) is 0.182. The van der Waals surface area contributed by atoms with Crippen molar-refractivity contribution >= 4 is 21.8 Å². The fourth-order valence-electron chi connectivity index (χ4n) is 6.25. The molecule has 45 heavy (non-hydrogen) atoms. The predicted octanol–water partition coefficient (Wildman–Crippen LogP) is 9.99. The van der Waals surface area contributed by atoms with Gasteiger partial charge in [-0.05, 0) is 94.4 Å². The van der Waals surface area contributed by atoms with E-state index in [0.717, 1.165) is 55.7 Å². The molecular formula is C40H34N3OPt-. The van der Waals surface area contributed by atoms with Crippen LogP contribution in [0.15, 0.2) is 109 Å². The number of nitrogens with zero attached hydrogens (tertiary/aromatic N) is 3. The molecular weight excluding hydrogens is 734 g/mol. The second-order valence-electron chi connectivity index (χ2n) is 12.5. The predicted molar refractivity (Wildman–Crippen MR) is 181 cm³/mol. The van der Waals surface area contributed by atoms with Crippen LogP contribution in [0, 0.1) is 19.9 Å². The summed E-state index contributed by atoms with van der Waals surface area (Å²) in [5.74, 6) is 1.01. The fraction of sp³-hybridized carbons (Fsp3) is 0.150. The van der Waals surface area contributed by atoms with E-state index in [2.05, 4.69) is 98.8 Å². The van der Waals surface area contributed by atoms with E-state index < -0.39 is 0 Å². The van der Waals surface area contributed by atoms with Crippen LogP contribution in [0.25, 0.3) is 61.3 Å². The van der Waals surface area contributed by atoms with E-state index in [-0.39, 0.29) is 32.2 Å². The standard InChI is InChI=1S/C40H34N3O.Pt/c1-25-21-29(40(3,4)5)22-26(2)39(25)28-17-19-37(44)32(23-28)27-16-18-31-30-11-6-7-14-35(30)43(36(31)24-27)38-15-10-13-34(42-38)33-12-8-9-20-41-33;/h6-23,44H,1-5H3;/q-1;. The minimum Gasteiger partial charge on any atom is -0.517 e. The summed E-state index contributed by atoms with van der Waals surface area (Å²) >= 11 is 0. The number of hydrogen-bond donors (Lipinski definition) is 1. The van der Waals surface area contributed by atoms with Crippen molar-refractivity contribution in [3.05, 3.63) is 132 Å². The Morgan fingerprint density at radius 1 is 0.733 bits per heavy atom. The van der Waals surface area contributed by atoms with Gasteiger partial charge in [0.25, 0.3) is 0 Å². The van der Waals surface area contributed by atoms with E-state index >= 15 is 0 Å². The van der Waals surface area contributed by atoms with Crippen molar-refractivity contribution in [3.8, 4) is 45.2 Å². The zero-order chi connectivity index (χ0) is 30.6. The number of benzene rings is 4. The first-order valence-electron chi connectivity index (χ1n) is 15.0. The van der Waals surface area contributed by atoms with Gasteiger partial charge < -0.3 is 9.67 Å². The van der Waals surface area contributed by atoms with E-state index in [0.29, 0.717) is 0 Å². The van der Waals surface area contributed by atoms with Gasteiger partial charge in [-0.25, -0.2) is 4.98 Å². The number of aromatic hydroxyl groups is 1. The second-order valence-corrected chi connectivity index (χ2v) is 12.5. The van der Waals surface area contributed by atoms with Gasteiger partial charge in [0.05, 0.1) is 17.1 Å². The summed E-state index contributed by atoms with van der Waals surface area (Å²) in [5, 5.41) is 13.3. The Kier molecular flexibility index (Phi) is 7.97. The maximum absolute atomic E-state index is 11.1. The molecule has 0 aliphatic carbocycles. The van der Waals surface area contributed by atoms with Gasteiger partial charge in [0.15, 0.2) is 0 Å². The first-order chi connectivity index (χ1) is 21.2. The maximum atomic E-state index is 11.1. The van der Waals surface area contributed by atoms with E-state index in [1.807, 2.05) is 48.5 Å². The number of phenolic OH excluding ortho intramolecular Hbond substituents is 1. The van der Waals surface area contributed by atoms with E-state index in [1.165, 1.54) is 22.3 Å². The van der Waals surface area contributed by atoms with Crippen molar-refractivity contribution in [2.45, 2.75) is 40.0 Å². The summed E-state index contributed by atoms with van der Waals surface area (Å²) in [6.07, 6.45) is 1.78. The van der Waals surface area contributed by atoms with Crippen LogP contribution in [0.3, 0.4) is 0 Å². The second kappa shape index (κ2) is 11.8. The molecule has 0 saturated heterocycles. The number of rotatable bonds is 4. The summed E-state index contributed by atoms with van der Waals surface area (Å²) in [5.41, 5.74) is 11.3. The molecule has 226 valence electrons. The zero-order valence-electron chi connectivity index (χ0n) is 26.0. The molecule has 0 aliphatic rings. The van der Waals surface area contributed by atoms with Gasteiger partial charge in [-0.1, -0.05) is 86.3 Å². The summed E-state index contributed by atoms with van der Waals surface area (Å²) in [6, 6.07) is 38.6. The molecule has 4 aromatic carbocycles. The Bertz CT molecular complexity index is 2170. The van der Waals surface area contributed by atoms with E-state index in [9.17, 15) is 5.11 Å². The number of aromatic nitrogens is 3. The van der Waals surface area contributed by atoms with Crippen molar-refractivity contribution in [1.82, 2.24) is 14.5 Å². The normalized spacial score (nSPS) is 11.6. The molecule has 0 aliphatic heterocycles. The number of hydrogen-bond acceptors (Lipinski definition) is 3. The van der Waals surface area contributed by atoms with Crippen molar-refractivity contribution in [1.29, 1.82) is 0 Å². The molecule has 0 bridgehead atoms. The third-order valence-corrected chi connectivity index (χ3v) is 8.45. The first kappa shape index (κ1) is 30.5. The average molecular weight is 768 g/mol. The topological polar surface area (TPSA) is 50.9 Å². The van der Waals surface area contributed by atoms with Gasteiger partial charge in [-0.3, -0.25) is 4.98 Å². The van der Waals surface area contributed by atoms with Crippen molar-refractivity contribution < 1.29 is 26.2 Å². The molecule has 0 radical (unpaired) electrons. The molecule has 3 heterocycles. The SMILES string of the molecule is Cc1cc(C(C)(C)C)cc(C)c1-c1ccc(O)c(-c2[c-]c3c(cc2)c2ccccc2n3-c2cccc(-c3ccccn3)n2)c1.[Pt]. The summed E-state index contributed by atoms with van der Waals surface area (Å²) < 4.78 is 2.15. The Morgan fingerprint density at radius 2 is 1.47 bits per heavy atom. The summed E-state index contributed by atoms with van der Waals surface area (Å²) in [7, 11) is 0. The van der Waals surface area contributed by atoms with Crippen LogP contribution in [0.2, 0.25) is 0 Å². The van der Waals surface area contributed by atoms with Crippen molar-refractivity contribution in [2.75, 3.05) is 0 Å². The summed E-state index contributed by atoms with van der Waals surface area (Å²) in [6.45, 7) is 11.1. The zero-order valence-corrected chi connectivity index (χ0v) is 28.3. The van der Waals surface area contributed by atoms with Crippen LogP contribution in [-0.2, 0) is 26.5 Å². The van der Waals surface area contributed by atoms with Gasteiger partial charge >= 0.3 is 0 Å². The Labute approximate surface area is 278 Å². The van der Waals surface area contributed by atoms with Gasteiger partial charge in [-0.15, -0.1) is 23.8 Å². The smallest absolute Gasteiger partial charge is 0.136 e. The third kappa shape index (κ3) is 5.49. The Morgan fingerprint density at radius 3 is 2.20 bits per heavy atom. The molecule has 0 fully saturated rings. The summed E-state index contributed by atoms with van der Waals surface area (Å²) in [4.78, 5) is 9.55. The van der Waals surface area contributed by atoms with Crippen LogP contribution in [-0.4, -0.2) is 19.6 Å². The number of pyridine rings is 2. The van der Waals surface area contributed by atoms with Gasteiger partial charge in [-0.2, -0.15) is 0 Å². The molecule has 0 amide bonds. The van der Waals surface area contributed by atoms with E-state index in [1.54, 1.807) is 12.3 Å². The van der Waals surface area contributed by atoms with Gasteiger partial charge in [0.1, 0.15) is 5.82 Å². The Hall–Kier alpha value is -4.53. The number of phenols is 1. The average Bonchev–Trinajstić information content (AvgIpc) is 3.35. The molecule has 7 rings (SSSR count). The molecule has 3 aromatic heterocycles. The van der Waals surface area contributed by atoms with E-state index in [4.69, 9.17) is 4.98 Å². The molecule has 0 unspecified atom stereocenters. The molecule has 4 nitrogen and oxygen atoms in total. The monoisotopic (exact) mass is 767 g/mol.